The highest BCUT2D eigenvalue weighted by atomic mass is 19.3. The fraction of sp³-hybridized carbons (Fsp3) is 0.440. The van der Waals surface area contributed by atoms with Crippen LogP contribution in [-0.2, 0) is 4.74 Å². The lowest BCUT2D eigenvalue weighted by Crippen LogP contribution is -2.34. The molecule has 11 nitrogen and oxygen atoms in total. The molecule has 2 heterocycles. The first kappa shape index (κ1) is 26.9. The van der Waals surface area contributed by atoms with Gasteiger partial charge in [-0.05, 0) is 64.7 Å². The van der Waals surface area contributed by atoms with E-state index in [2.05, 4.69) is 30.6 Å². The molecular weight excluding hydrogens is 504 g/mol. The molecule has 1 atom stereocenters. The van der Waals surface area contributed by atoms with Crippen molar-refractivity contribution in [2.75, 3.05) is 11.9 Å². The van der Waals surface area contributed by atoms with Gasteiger partial charge in [-0.25, -0.2) is 9.78 Å². The lowest BCUT2D eigenvalue weighted by molar-refractivity contribution is -0.0515. The summed E-state index contributed by atoms with van der Waals surface area (Å²) < 4.78 is 47.4. The Morgan fingerprint density at radius 1 is 1.24 bits per heavy atom. The van der Waals surface area contributed by atoms with Gasteiger partial charge in [0.15, 0.2) is 23.0 Å². The topological polar surface area (TPSA) is 141 Å². The molecular formula is C25H29F2N5O6. The minimum atomic E-state index is -3.03. The van der Waals surface area contributed by atoms with E-state index in [1.54, 1.807) is 27.7 Å². The van der Waals surface area contributed by atoms with Crippen LogP contribution in [0, 0.1) is 5.92 Å². The lowest BCUT2D eigenvalue weighted by Gasteiger charge is -2.21. The van der Waals surface area contributed by atoms with E-state index in [-0.39, 0.29) is 28.8 Å². The Hall–Kier alpha value is -4.16. The van der Waals surface area contributed by atoms with Gasteiger partial charge in [0.05, 0.1) is 24.5 Å². The van der Waals surface area contributed by atoms with Crippen LogP contribution in [0.3, 0.4) is 0 Å². The van der Waals surface area contributed by atoms with Crippen LogP contribution in [0.4, 0.5) is 19.3 Å². The highest BCUT2D eigenvalue weighted by Crippen LogP contribution is 2.37. The largest absolute Gasteiger partial charge is 0.489 e. The Morgan fingerprint density at radius 3 is 2.63 bits per heavy atom. The molecule has 2 aromatic heterocycles. The smallest absolute Gasteiger partial charge is 0.408 e. The van der Waals surface area contributed by atoms with Crippen molar-refractivity contribution < 1.29 is 37.0 Å². The summed E-state index contributed by atoms with van der Waals surface area (Å²) in [6.07, 6.45) is 4.18. The number of hydrogen-bond acceptors (Lipinski definition) is 8. The summed E-state index contributed by atoms with van der Waals surface area (Å²) in [6.45, 7) is 4.09. The number of oxazole rings is 1. The second kappa shape index (κ2) is 11.1. The van der Waals surface area contributed by atoms with E-state index in [4.69, 9.17) is 13.9 Å². The average molecular weight is 534 g/mol. The molecule has 204 valence electrons. The van der Waals surface area contributed by atoms with Crippen LogP contribution in [-0.4, -0.2) is 46.0 Å². The first-order chi connectivity index (χ1) is 18.0. The molecule has 0 radical (unpaired) electrons. The van der Waals surface area contributed by atoms with Crippen molar-refractivity contribution in [3.05, 3.63) is 42.0 Å². The van der Waals surface area contributed by atoms with Crippen LogP contribution in [0.15, 0.2) is 35.0 Å². The number of aromatic nitrogens is 3. The quantitative estimate of drug-likeness (QED) is 0.319. The molecule has 0 unspecified atom stereocenters. The summed E-state index contributed by atoms with van der Waals surface area (Å²) in [6, 6.07) is 3.42. The molecule has 1 fully saturated rings. The lowest BCUT2D eigenvalue weighted by atomic mass is 10.2. The van der Waals surface area contributed by atoms with Gasteiger partial charge in [0, 0.05) is 11.8 Å². The SMILES string of the molecule is C[C@H](NC(=O)OC(C)(C)C)c1oc(-c2ccc(OC(F)F)c(OCC3CC3)c2)nc1C(=O)Nc1cn[nH]c1. The Kier molecular flexibility index (Phi) is 7.83. The van der Waals surface area contributed by atoms with Crippen LogP contribution < -0.4 is 20.1 Å². The predicted molar refractivity (Wildman–Crippen MR) is 131 cm³/mol. The number of H-pyrrole nitrogens is 1. The molecule has 3 aromatic rings. The zero-order valence-corrected chi connectivity index (χ0v) is 21.3. The molecule has 1 aliphatic rings. The number of alkyl carbamates (subject to hydrolysis) is 1. The Labute approximate surface area is 217 Å². The molecule has 2 amide bonds. The van der Waals surface area contributed by atoms with Gasteiger partial charge in [-0.3, -0.25) is 9.89 Å². The molecule has 38 heavy (non-hydrogen) atoms. The van der Waals surface area contributed by atoms with E-state index < -0.39 is 30.3 Å². The number of aromatic amines is 1. The third-order valence-electron chi connectivity index (χ3n) is 5.33. The van der Waals surface area contributed by atoms with Crippen LogP contribution in [0.2, 0.25) is 0 Å². The van der Waals surface area contributed by atoms with Gasteiger partial charge >= 0.3 is 12.7 Å². The first-order valence-corrected chi connectivity index (χ1v) is 12.0. The summed E-state index contributed by atoms with van der Waals surface area (Å²) >= 11 is 0. The fourth-order valence-electron chi connectivity index (χ4n) is 3.41. The van der Waals surface area contributed by atoms with E-state index in [0.29, 0.717) is 23.8 Å². The second-order valence-electron chi connectivity index (χ2n) is 9.84. The third kappa shape index (κ3) is 7.20. The molecule has 0 aliphatic heterocycles. The van der Waals surface area contributed by atoms with E-state index >= 15 is 0 Å². The number of ether oxygens (including phenoxy) is 3. The van der Waals surface area contributed by atoms with E-state index in [9.17, 15) is 18.4 Å². The van der Waals surface area contributed by atoms with Crippen molar-refractivity contribution in [3.8, 4) is 23.0 Å². The second-order valence-corrected chi connectivity index (χ2v) is 9.84. The Balaban J connectivity index is 1.66. The van der Waals surface area contributed by atoms with Gasteiger partial charge in [-0.2, -0.15) is 13.9 Å². The number of benzene rings is 1. The molecule has 0 saturated heterocycles. The summed E-state index contributed by atoms with van der Waals surface area (Å²) in [5.74, 6) is -0.218. The summed E-state index contributed by atoms with van der Waals surface area (Å²) in [5, 5.41) is 11.7. The first-order valence-electron chi connectivity index (χ1n) is 12.0. The maximum atomic E-state index is 13.1. The molecule has 3 N–H and O–H groups in total. The number of rotatable bonds is 10. The van der Waals surface area contributed by atoms with Gasteiger partial charge in [0.1, 0.15) is 5.60 Å². The monoisotopic (exact) mass is 533 g/mol. The number of amides is 2. The number of carbonyl (C=O) groups excluding carboxylic acids is 2. The average Bonchev–Trinajstić information content (AvgIpc) is 3.30. The van der Waals surface area contributed by atoms with Crippen LogP contribution >= 0.6 is 0 Å². The summed E-state index contributed by atoms with van der Waals surface area (Å²) in [5.41, 5.74) is -0.0948. The number of carbonyl (C=O) groups is 2. The third-order valence-corrected chi connectivity index (χ3v) is 5.33. The molecule has 0 bridgehead atoms. The predicted octanol–water partition coefficient (Wildman–Crippen LogP) is 5.29. The molecule has 0 spiro atoms. The Morgan fingerprint density at radius 2 is 2.00 bits per heavy atom. The maximum Gasteiger partial charge on any atom is 0.408 e. The van der Waals surface area contributed by atoms with Crippen molar-refractivity contribution >= 4 is 17.7 Å². The molecule has 13 heteroatoms. The van der Waals surface area contributed by atoms with Crippen molar-refractivity contribution in [1.29, 1.82) is 0 Å². The van der Waals surface area contributed by atoms with E-state index in [1.807, 2.05) is 0 Å². The molecule has 4 rings (SSSR count). The van der Waals surface area contributed by atoms with Crippen LogP contribution in [0.25, 0.3) is 11.5 Å². The summed E-state index contributed by atoms with van der Waals surface area (Å²) in [7, 11) is 0. The van der Waals surface area contributed by atoms with Gasteiger partial charge in [-0.15, -0.1) is 0 Å². The molecule has 1 aromatic carbocycles. The number of anilines is 1. The number of halogens is 2. The standard InChI is InChI=1S/C25H29F2N5O6/c1-13(30-24(34)38-25(2,3)4)20-19(21(33)31-16-10-28-29-11-16)32-22(37-20)15-7-8-17(36-23(26)27)18(9-15)35-12-14-5-6-14/h7-11,13-14,23H,5-6,12H2,1-4H3,(H,28,29)(H,30,34)(H,31,33)/t13-/m0/s1. The summed E-state index contributed by atoms with van der Waals surface area (Å²) in [4.78, 5) is 29.8. The molecule has 1 aliphatic carbocycles. The van der Waals surface area contributed by atoms with Crippen molar-refractivity contribution in [2.24, 2.45) is 5.92 Å². The zero-order valence-electron chi connectivity index (χ0n) is 21.3. The highest BCUT2D eigenvalue weighted by Gasteiger charge is 2.29. The number of alkyl halides is 2. The van der Waals surface area contributed by atoms with Gasteiger partial charge in [-0.1, -0.05) is 0 Å². The van der Waals surface area contributed by atoms with Gasteiger partial charge in [0.25, 0.3) is 5.91 Å². The highest BCUT2D eigenvalue weighted by molar-refractivity contribution is 6.03. The van der Waals surface area contributed by atoms with Gasteiger partial charge in [0.2, 0.25) is 5.89 Å². The minimum Gasteiger partial charge on any atom is -0.489 e. The van der Waals surface area contributed by atoms with E-state index in [1.165, 1.54) is 30.6 Å². The number of hydrogen-bond donors (Lipinski definition) is 3. The van der Waals surface area contributed by atoms with Gasteiger partial charge < -0.3 is 29.3 Å². The normalized spacial score (nSPS) is 14.2. The van der Waals surface area contributed by atoms with Crippen LogP contribution in [0.1, 0.15) is 62.8 Å². The van der Waals surface area contributed by atoms with E-state index in [0.717, 1.165) is 12.8 Å². The Bertz CT molecular complexity index is 1270. The zero-order chi connectivity index (χ0) is 27.4. The van der Waals surface area contributed by atoms with Crippen molar-refractivity contribution in [2.45, 2.75) is 58.8 Å². The minimum absolute atomic E-state index is 0.00931. The fourth-order valence-corrected chi connectivity index (χ4v) is 3.41. The maximum absolute atomic E-state index is 13.1. The number of nitrogens with zero attached hydrogens (tertiary/aromatic N) is 2. The van der Waals surface area contributed by atoms with Crippen molar-refractivity contribution in [1.82, 2.24) is 20.5 Å². The molecule has 1 saturated carbocycles. The van der Waals surface area contributed by atoms with Crippen LogP contribution in [0.5, 0.6) is 11.5 Å². The van der Waals surface area contributed by atoms with Crippen molar-refractivity contribution in [3.63, 3.8) is 0 Å². The number of nitrogens with one attached hydrogen (secondary N) is 3.